The number of thiophene rings is 1. The van der Waals surface area contributed by atoms with E-state index in [1.54, 1.807) is 60.7 Å². The van der Waals surface area contributed by atoms with Gasteiger partial charge in [0, 0.05) is 34.8 Å². The summed E-state index contributed by atoms with van der Waals surface area (Å²) in [5.41, 5.74) is 7.14. The van der Waals surface area contributed by atoms with Crippen LogP contribution in [0.5, 0.6) is 0 Å². The molecule has 1 saturated heterocycles. The minimum atomic E-state index is -4.99. The highest BCUT2D eigenvalue weighted by Gasteiger charge is 2.47. The number of amides is 2. The number of hydrogen-bond donors (Lipinski definition) is 5. The summed E-state index contributed by atoms with van der Waals surface area (Å²) in [6.45, 7) is 6.04. The van der Waals surface area contributed by atoms with Gasteiger partial charge >= 0.3 is 12.3 Å². The van der Waals surface area contributed by atoms with Gasteiger partial charge in [-0.3, -0.25) is 15.6 Å². The molecule has 2 amide bonds. The number of carbonyl (C=O) groups is 2. The number of nitrogens with zero attached hydrogens (tertiary/aromatic N) is 1. The molecule has 1 saturated carbocycles. The fourth-order valence-electron chi connectivity index (χ4n) is 7.26. The van der Waals surface area contributed by atoms with Gasteiger partial charge in [0.2, 0.25) is 15.9 Å². The van der Waals surface area contributed by atoms with Crippen LogP contribution in [0.2, 0.25) is 0 Å². The molecule has 6 atom stereocenters. The first-order valence-corrected chi connectivity index (χ1v) is 20.4. The summed E-state index contributed by atoms with van der Waals surface area (Å²) >= 11 is 0.678. The van der Waals surface area contributed by atoms with E-state index in [2.05, 4.69) is 21.5 Å². The molecule has 54 heavy (non-hydrogen) atoms. The Hall–Kier alpha value is -3.54. The molecule has 1 aliphatic heterocycles. The number of alkyl halides is 3. The Balaban J connectivity index is 1.48. The Kier molecular flexibility index (Phi) is 13.5. The van der Waals surface area contributed by atoms with Crippen molar-refractivity contribution in [1.29, 1.82) is 0 Å². The van der Waals surface area contributed by atoms with Crippen molar-refractivity contribution in [1.82, 2.24) is 25.8 Å². The number of fused-ring (bicyclic) bond motifs is 1. The molecule has 1 aliphatic carbocycles. The number of ether oxygens (including phenoxy) is 1. The van der Waals surface area contributed by atoms with Crippen LogP contribution in [0.3, 0.4) is 0 Å². The molecule has 0 bridgehead atoms. The molecule has 2 aromatic carbocycles. The zero-order valence-corrected chi connectivity index (χ0v) is 32.4. The number of rotatable bonds is 14. The summed E-state index contributed by atoms with van der Waals surface area (Å²) < 4.78 is 79.7. The Morgan fingerprint density at radius 2 is 1.57 bits per heavy atom. The standard InChI is InChI=1S/C38H50F3N5O6S2/c1-37(2,3)19-20-46(54(50,51)27-16-15-26-22-42-45-28(26)21-27)29(23-47)30-17-18-31(53-30)34(38(39,40)41)44-35(48)33(43-36(49)52-4)32(24-11-7-5-8-12-24)25-13-9-6-10-14-25/h5-14,17-18,26-29,32-34,42,45,47H,15-16,19-23H2,1-4H3,(H,43,49)(H,44,48)/t26?,27?,28?,29-,33+,34-/m1/s1. The summed E-state index contributed by atoms with van der Waals surface area (Å²) in [6, 6.07) is 14.6. The SMILES string of the molecule is COC(=O)N[C@H](C(=O)N[C@H](c1ccc([C@@H](CO)N(CCC(C)(C)C)S(=O)(=O)C2CCC3CNNC3C2)s1)C(F)(F)F)C(c1ccccc1)c1ccccc1. The normalized spacial score (nSPS) is 21.0. The maximum Gasteiger partial charge on any atom is 0.413 e. The van der Waals surface area contributed by atoms with E-state index in [-0.39, 0.29) is 27.8 Å². The third kappa shape index (κ3) is 10.0. The predicted molar refractivity (Wildman–Crippen MR) is 201 cm³/mol. The predicted octanol–water partition coefficient (Wildman–Crippen LogP) is 5.77. The molecule has 5 rings (SSSR count). The molecule has 296 valence electrons. The Bertz CT molecular complexity index is 1770. The summed E-state index contributed by atoms with van der Waals surface area (Å²) in [6.07, 6.45) is -4.05. The molecule has 11 nitrogen and oxygen atoms in total. The van der Waals surface area contributed by atoms with Crippen molar-refractivity contribution < 1.29 is 41.0 Å². The topological polar surface area (TPSA) is 149 Å². The number of nitrogens with one attached hydrogen (secondary N) is 4. The lowest BCUT2D eigenvalue weighted by Crippen LogP contribution is -2.52. The van der Waals surface area contributed by atoms with Crippen molar-refractivity contribution in [3.8, 4) is 0 Å². The second-order valence-electron chi connectivity index (χ2n) is 15.1. The Morgan fingerprint density at radius 3 is 2.13 bits per heavy atom. The first-order valence-electron chi connectivity index (χ1n) is 18.0. The quantitative estimate of drug-likeness (QED) is 0.138. The lowest BCUT2D eigenvalue weighted by Gasteiger charge is -2.37. The minimum absolute atomic E-state index is 0.0269. The number of aliphatic hydroxyl groups is 1. The number of hydrogen-bond acceptors (Lipinski definition) is 9. The highest BCUT2D eigenvalue weighted by atomic mass is 32.2. The van der Waals surface area contributed by atoms with Gasteiger partial charge in [0.25, 0.3) is 0 Å². The molecule has 0 spiro atoms. The van der Waals surface area contributed by atoms with Gasteiger partial charge in [-0.1, -0.05) is 81.4 Å². The molecular formula is C38H50F3N5O6S2. The molecule has 16 heteroatoms. The average Bonchev–Trinajstić information content (AvgIpc) is 3.81. The molecule has 1 aromatic heterocycles. The van der Waals surface area contributed by atoms with Gasteiger partial charge in [-0.05, 0) is 60.3 Å². The fraction of sp³-hybridized carbons (Fsp3) is 0.526. The summed E-state index contributed by atoms with van der Waals surface area (Å²) in [5.74, 6) is -1.71. The maximum atomic E-state index is 15.0. The number of sulfonamides is 1. The highest BCUT2D eigenvalue weighted by Crippen LogP contribution is 2.42. The minimum Gasteiger partial charge on any atom is -0.453 e. The molecular weight excluding hydrogens is 744 g/mol. The van der Waals surface area contributed by atoms with E-state index in [1.807, 2.05) is 20.8 Å². The number of hydrazine groups is 1. The van der Waals surface area contributed by atoms with Crippen LogP contribution in [-0.4, -0.2) is 80.1 Å². The van der Waals surface area contributed by atoms with Crippen LogP contribution in [-0.2, 0) is 19.6 Å². The van der Waals surface area contributed by atoms with E-state index in [4.69, 9.17) is 4.74 Å². The van der Waals surface area contributed by atoms with Gasteiger partial charge in [-0.25, -0.2) is 13.2 Å². The van der Waals surface area contributed by atoms with Crippen molar-refractivity contribution in [2.75, 3.05) is 26.8 Å². The zero-order valence-electron chi connectivity index (χ0n) is 30.8. The zero-order chi connectivity index (χ0) is 39.3. The summed E-state index contributed by atoms with van der Waals surface area (Å²) in [7, 11) is -2.93. The first kappa shape index (κ1) is 41.6. The average molecular weight is 794 g/mol. The van der Waals surface area contributed by atoms with Gasteiger partial charge in [-0.15, -0.1) is 11.3 Å². The fourth-order valence-corrected chi connectivity index (χ4v) is 10.7. The monoisotopic (exact) mass is 793 g/mol. The van der Waals surface area contributed by atoms with E-state index in [0.29, 0.717) is 54.1 Å². The molecule has 3 unspecified atom stereocenters. The van der Waals surface area contributed by atoms with Crippen LogP contribution in [0.1, 0.15) is 85.3 Å². The van der Waals surface area contributed by atoms with Crippen molar-refractivity contribution in [3.05, 3.63) is 93.7 Å². The second-order valence-corrected chi connectivity index (χ2v) is 18.4. The van der Waals surface area contributed by atoms with Gasteiger partial charge in [0.1, 0.15) is 6.04 Å². The Morgan fingerprint density at radius 1 is 0.963 bits per heavy atom. The van der Waals surface area contributed by atoms with Crippen molar-refractivity contribution in [2.45, 2.75) is 88.0 Å². The molecule has 5 N–H and O–H groups in total. The lowest BCUT2D eigenvalue weighted by molar-refractivity contribution is -0.163. The largest absolute Gasteiger partial charge is 0.453 e. The van der Waals surface area contributed by atoms with E-state index < -0.39 is 64.1 Å². The van der Waals surface area contributed by atoms with E-state index in [0.717, 1.165) is 13.7 Å². The number of methoxy groups -OCH3 is 1. The maximum absolute atomic E-state index is 15.0. The Labute approximate surface area is 319 Å². The summed E-state index contributed by atoms with van der Waals surface area (Å²) in [5, 5.41) is 14.6. The van der Waals surface area contributed by atoms with Crippen LogP contribution in [0, 0.1) is 11.3 Å². The molecule has 2 heterocycles. The van der Waals surface area contributed by atoms with Gasteiger partial charge in [0.15, 0.2) is 6.04 Å². The first-order chi connectivity index (χ1) is 25.5. The third-order valence-electron chi connectivity index (χ3n) is 10.2. The third-order valence-corrected chi connectivity index (χ3v) is 13.8. The number of alkyl carbamates (subject to hydrolysis) is 1. The number of halogens is 3. The van der Waals surface area contributed by atoms with E-state index in [9.17, 15) is 36.3 Å². The summed E-state index contributed by atoms with van der Waals surface area (Å²) in [4.78, 5) is 26.5. The van der Waals surface area contributed by atoms with Crippen molar-refractivity contribution in [2.24, 2.45) is 11.3 Å². The van der Waals surface area contributed by atoms with Crippen LogP contribution in [0.15, 0.2) is 72.8 Å². The molecule has 2 fully saturated rings. The van der Waals surface area contributed by atoms with Crippen LogP contribution in [0.4, 0.5) is 18.0 Å². The van der Waals surface area contributed by atoms with Gasteiger partial charge in [-0.2, -0.15) is 17.5 Å². The number of benzene rings is 2. The van der Waals surface area contributed by atoms with Gasteiger partial charge in [0.05, 0.1) is 25.0 Å². The molecule has 0 radical (unpaired) electrons. The molecule has 2 aliphatic rings. The smallest absolute Gasteiger partial charge is 0.413 e. The van der Waals surface area contributed by atoms with Crippen molar-refractivity contribution >= 4 is 33.4 Å². The van der Waals surface area contributed by atoms with Crippen molar-refractivity contribution in [3.63, 3.8) is 0 Å². The highest BCUT2D eigenvalue weighted by molar-refractivity contribution is 7.89. The van der Waals surface area contributed by atoms with E-state index >= 15 is 0 Å². The lowest BCUT2D eigenvalue weighted by atomic mass is 9.84. The number of aliphatic hydroxyl groups excluding tert-OH is 1. The number of carbonyl (C=O) groups excluding carboxylic acids is 2. The van der Waals surface area contributed by atoms with Crippen LogP contribution >= 0.6 is 11.3 Å². The van der Waals surface area contributed by atoms with Crippen LogP contribution < -0.4 is 21.5 Å². The van der Waals surface area contributed by atoms with Crippen LogP contribution in [0.25, 0.3) is 0 Å². The van der Waals surface area contributed by atoms with Gasteiger partial charge < -0.3 is 20.5 Å². The second kappa shape index (κ2) is 17.5. The van der Waals surface area contributed by atoms with E-state index in [1.165, 1.54) is 16.4 Å². The molecule has 3 aromatic rings.